The number of nitrogens with zero attached hydrogens (tertiary/aromatic N) is 4. The Labute approximate surface area is 222 Å². The summed E-state index contributed by atoms with van der Waals surface area (Å²) < 4.78 is 46.2. The van der Waals surface area contributed by atoms with Crippen LogP contribution in [-0.2, 0) is 13.0 Å². The van der Waals surface area contributed by atoms with Gasteiger partial charge < -0.3 is 14.8 Å². The number of amides is 2. The highest BCUT2D eigenvalue weighted by Gasteiger charge is 2.36. The molecule has 5 aromatic rings. The van der Waals surface area contributed by atoms with Crippen LogP contribution >= 0.6 is 0 Å². The van der Waals surface area contributed by atoms with Crippen molar-refractivity contribution in [1.29, 1.82) is 0 Å². The van der Waals surface area contributed by atoms with Gasteiger partial charge in [0.1, 0.15) is 23.3 Å². The molecule has 1 aliphatic heterocycles. The minimum absolute atomic E-state index is 0.123. The summed E-state index contributed by atoms with van der Waals surface area (Å²) in [4.78, 5) is 15.4. The molecule has 0 bridgehead atoms. The van der Waals surface area contributed by atoms with Crippen molar-refractivity contribution in [3.05, 3.63) is 131 Å². The Morgan fingerprint density at radius 1 is 0.949 bits per heavy atom. The van der Waals surface area contributed by atoms with Crippen LogP contribution < -0.4 is 5.32 Å². The molecule has 9 heteroatoms. The Morgan fingerprint density at radius 2 is 1.69 bits per heavy atom. The molecular formula is C30H24F3N5O. The first-order valence-corrected chi connectivity index (χ1v) is 12.6. The fourth-order valence-electron chi connectivity index (χ4n) is 5.12. The second-order valence-electron chi connectivity index (χ2n) is 9.29. The summed E-state index contributed by atoms with van der Waals surface area (Å²) in [5.41, 5.74) is 3.59. The predicted octanol–water partition coefficient (Wildman–Crippen LogP) is 6.78. The third kappa shape index (κ3) is 4.35. The van der Waals surface area contributed by atoms with Gasteiger partial charge in [-0.2, -0.15) is 5.10 Å². The molecule has 1 unspecified atom stereocenters. The third-order valence-electron chi connectivity index (χ3n) is 6.92. The van der Waals surface area contributed by atoms with Gasteiger partial charge in [0.15, 0.2) is 0 Å². The standard InChI is InChI=1S/C30H24F3N5O/c1-2-25-23-18-37(30(39)34-26-17-21(32)14-15-24(26)33)28(19-10-12-20(31)13-11-19)27-9-6-16-36(27)29(23)38(35-25)22-7-4-3-5-8-22/h3-17,28H,2,18H2,1H3,(H,34,39). The molecule has 1 atom stereocenters. The fraction of sp³-hybridized carbons (Fsp3) is 0.133. The van der Waals surface area contributed by atoms with Gasteiger partial charge in [0, 0.05) is 17.8 Å². The van der Waals surface area contributed by atoms with Gasteiger partial charge in [-0.05, 0) is 60.5 Å². The Kier molecular flexibility index (Phi) is 6.18. The molecule has 0 saturated heterocycles. The smallest absolute Gasteiger partial charge is 0.307 e. The van der Waals surface area contributed by atoms with Crippen LogP contribution in [0.4, 0.5) is 23.7 Å². The van der Waals surface area contributed by atoms with Gasteiger partial charge in [-0.1, -0.05) is 37.3 Å². The Bertz CT molecular complexity index is 1660. The molecule has 0 saturated carbocycles. The number of carbonyl (C=O) groups excluding carboxylic acids is 1. The summed E-state index contributed by atoms with van der Waals surface area (Å²) in [7, 11) is 0. The van der Waals surface area contributed by atoms with Crippen molar-refractivity contribution in [3.8, 4) is 11.5 Å². The lowest BCUT2D eigenvalue weighted by atomic mass is 10.0. The highest BCUT2D eigenvalue weighted by atomic mass is 19.1. The maximum absolute atomic E-state index is 14.5. The molecule has 0 radical (unpaired) electrons. The number of hydrogen-bond donors (Lipinski definition) is 1. The number of hydrogen-bond acceptors (Lipinski definition) is 2. The predicted molar refractivity (Wildman–Crippen MR) is 141 cm³/mol. The molecule has 1 N–H and O–H groups in total. The Hall–Kier alpha value is -4.79. The van der Waals surface area contributed by atoms with Crippen LogP contribution in [0.25, 0.3) is 11.5 Å². The summed E-state index contributed by atoms with van der Waals surface area (Å²) in [6.45, 7) is 2.11. The van der Waals surface area contributed by atoms with Gasteiger partial charge in [0.25, 0.3) is 0 Å². The van der Waals surface area contributed by atoms with E-state index in [-0.39, 0.29) is 12.2 Å². The van der Waals surface area contributed by atoms with Crippen LogP contribution in [0.5, 0.6) is 0 Å². The van der Waals surface area contributed by atoms with Crippen molar-refractivity contribution < 1.29 is 18.0 Å². The molecule has 3 aromatic carbocycles. The van der Waals surface area contributed by atoms with Crippen molar-refractivity contribution in [2.75, 3.05) is 5.32 Å². The Balaban J connectivity index is 1.55. The van der Waals surface area contributed by atoms with E-state index in [0.29, 0.717) is 12.0 Å². The second-order valence-corrected chi connectivity index (χ2v) is 9.29. The molecule has 6 nitrogen and oxygen atoms in total. The van der Waals surface area contributed by atoms with Crippen LogP contribution in [0.2, 0.25) is 0 Å². The highest BCUT2D eigenvalue weighted by molar-refractivity contribution is 5.90. The lowest BCUT2D eigenvalue weighted by Gasteiger charge is -2.31. The first kappa shape index (κ1) is 24.5. The van der Waals surface area contributed by atoms with Crippen LogP contribution in [0, 0.1) is 17.5 Å². The van der Waals surface area contributed by atoms with Crippen LogP contribution in [0.1, 0.15) is 35.5 Å². The zero-order valence-corrected chi connectivity index (χ0v) is 21.0. The molecule has 2 aromatic heterocycles. The van der Waals surface area contributed by atoms with Gasteiger partial charge in [-0.3, -0.25) is 0 Å². The van der Waals surface area contributed by atoms with Gasteiger partial charge in [-0.15, -0.1) is 0 Å². The van der Waals surface area contributed by atoms with E-state index < -0.39 is 29.5 Å². The number of anilines is 1. The van der Waals surface area contributed by atoms with Crippen molar-refractivity contribution in [2.24, 2.45) is 0 Å². The van der Waals surface area contributed by atoms with Crippen LogP contribution in [-0.4, -0.2) is 25.3 Å². The van der Waals surface area contributed by atoms with E-state index in [2.05, 4.69) is 5.32 Å². The van der Waals surface area contributed by atoms with Crippen molar-refractivity contribution >= 4 is 11.7 Å². The average Bonchev–Trinajstić information content (AvgIpc) is 3.53. The van der Waals surface area contributed by atoms with E-state index in [1.165, 1.54) is 12.1 Å². The Morgan fingerprint density at radius 3 is 2.44 bits per heavy atom. The SMILES string of the molecule is CCc1nn(-c2ccccc2)c2c1CN(C(=O)Nc1cc(F)ccc1F)C(c1ccc(F)cc1)c1cccn1-2. The van der Waals surface area contributed by atoms with Crippen molar-refractivity contribution in [2.45, 2.75) is 25.9 Å². The number of aryl methyl sites for hydroxylation is 1. The lowest BCUT2D eigenvalue weighted by Crippen LogP contribution is -2.38. The van der Waals surface area contributed by atoms with Crippen molar-refractivity contribution in [1.82, 2.24) is 19.2 Å². The molecule has 2 amide bonds. The summed E-state index contributed by atoms with van der Waals surface area (Å²) in [5, 5.41) is 7.44. The van der Waals surface area contributed by atoms with Crippen LogP contribution in [0.3, 0.4) is 0 Å². The molecule has 196 valence electrons. The first-order chi connectivity index (χ1) is 18.9. The minimum atomic E-state index is -0.756. The molecule has 0 spiro atoms. The summed E-state index contributed by atoms with van der Waals surface area (Å²) in [6, 6.07) is 21.0. The van der Waals surface area contributed by atoms with E-state index in [0.717, 1.165) is 46.7 Å². The largest absolute Gasteiger partial charge is 0.323 e. The molecular weight excluding hydrogens is 503 g/mol. The van der Waals surface area contributed by atoms with Gasteiger partial charge in [0.05, 0.1) is 35.3 Å². The van der Waals surface area contributed by atoms with E-state index in [9.17, 15) is 18.0 Å². The summed E-state index contributed by atoms with van der Waals surface area (Å²) >= 11 is 0. The number of rotatable bonds is 4. The second kappa shape index (κ2) is 9.83. The number of para-hydroxylation sites is 1. The number of halogens is 3. The number of carbonyl (C=O) groups is 1. The number of nitrogens with one attached hydrogen (secondary N) is 1. The summed E-state index contributed by atoms with van der Waals surface area (Å²) in [5.74, 6) is -1.06. The van der Waals surface area contributed by atoms with Gasteiger partial charge in [0.2, 0.25) is 0 Å². The van der Waals surface area contributed by atoms with E-state index >= 15 is 0 Å². The normalized spacial score (nSPS) is 14.5. The lowest BCUT2D eigenvalue weighted by molar-refractivity contribution is 0.194. The maximum Gasteiger partial charge on any atom is 0.323 e. The third-order valence-corrected chi connectivity index (χ3v) is 6.92. The number of benzene rings is 3. The van der Waals surface area contributed by atoms with Crippen LogP contribution in [0.15, 0.2) is 91.1 Å². The first-order valence-electron chi connectivity index (χ1n) is 12.6. The zero-order chi connectivity index (χ0) is 27.1. The zero-order valence-electron chi connectivity index (χ0n) is 21.0. The van der Waals surface area contributed by atoms with Crippen molar-refractivity contribution in [3.63, 3.8) is 0 Å². The number of aromatic nitrogens is 3. The molecule has 1 aliphatic rings. The quantitative estimate of drug-likeness (QED) is 0.280. The topological polar surface area (TPSA) is 55.1 Å². The molecule has 0 aliphatic carbocycles. The summed E-state index contributed by atoms with van der Waals surface area (Å²) in [6.07, 6.45) is 2.51. The maximum atomic E-state index is 14.5. The molecule has 0 fully saturated rings. The fourth-order valence-corrected chi connectivity index (χ4v) is 5.12. The molecule has 3 heterocycles. The monoisotopic (exact) mass is 527 g/mol. The average molecular weight is 528 g/mol. The van der Waals surface area contributed by atoms with E-state index in [4.69, 9.17) is 5.10 Å². The van der Waals surface area contributed by atoms with Gasteiger partial charge in [-0.25, -0.2) is 22.6 Å². The highest BCUT2D eigenvalue weighted by Crippen LogP contribution is 2.39. The minimum Gasteiger partial charge on any atom is -0.307 e. The number of urea groups is 1. The van der Waals surface area contributed by atoms with E-state index in [1.807, 2.05) is 64.8 Å². The van der Waals surface area contributed by atoms with Gasteiger partial charge >= 0.3 is 6.03 Å². The van der Waals surface area contributed by atoms with E-state index in [1.54, 1.807) is 17.0 Å². The number of fused-ring (bicyclic) bond motifs is 3. The molecule has 6 rings (SSSR count). The molecule has 39 heavy (non-hydrogen) atoms.